The molecule has 0 bridgehead atoms. The predicted molar refractivity (Wildman–Crippen MR) is 90.2 cm³/mol. The number of thioether (sulfide) groups is 1. The van der Waals surface area contributed by atoms with Crippen LogP contribution in [0.5, 0.6) is 0 Å². The van der Waals surface area contributed by atoms with Crippen molar-refractivity contribution in [3.8, 4) is 0 Å². The molecule has 0 atom stereocenters. The van der Waals surface area contributed by atoms with Gasteiger partial charge in [-0.1, -0.05) is 30.3 Å². The van der Waals surface area contributed by atoms with Crippen molar-refractivity contribution < 1.29 is 14.3 Å². The van der Waals surface area contributed by atoms with Gasteiger partial charge in [0.05, 0.1) is 5.56 Å². The van der Waals surface area contributed by atoms with E-state index < -0.39 is 5.97 Å². The monoisotopic (exact) mass is 335 g/mol. The first-order valence-electron chi connectivity index (χ1n) is 6.83. The molecular weight excluding hydrogens is 318 g/mol. The number of carbonyl (C=O) groups excluding carboxylic acids is 2. The number of rotatable bonds is 8. The molecule has 1 N–H and O–H groups in total. The van der Waals surface area contributed by atoms with Gasteiger partial charge in [0.15, 0.2) is 6.61 Å². The molecule has 22 heavy (non-hydrogen) atoms. The average Bonchev–Trinajstić information content (AvgIpc) is 3.08. The number of thiophene rings is 1. The van der Waals surface area contributed by atoms with E-state index in [0.717, 1.165) is 11.5 Å². The van der Waals surface area contributed by atoms with Gasteiger partial charge in [-0.3, -0.25) is 4.79 Å². The zero-order valence-corrected chi connectivity index (χ0v) is 13.6. The molecule has 2 rings (SSSR count). The van der Waals surface area contributed by atoms with Crippen LogP contribution in [-0.4, -0.2) is 30.8 Å². The highest BCUT2D eigenvalue weighted by Crippen LogP contribution is 2.10. The lowest BCUT2D eigenvalue weighted by Gasteiger charge is -2.06. The Hall–Kier alpha value is -1.79. The molecule has 1 heterocycles. The molecule has 0 aliphatic heterocycles. The van der Waals surface area contributed by atoms with Gasteiger partial charge < -0.3 is 10.1 Å². The summed E-state index contributed by atoms with van der Waals surface area (Å²) in [5.41, 5.74) is 1.75. The number of carbonyl (C=O) groups is 2. The molecule has 0 aliphatic carbocycles. The Morgan fingerprint density at radius 3 is 2.73 bits per heavy atom. The maximum Gasteiger partial charge on any atom is 0.339 e. The number of amides is 1. The van der Waals surface area contributed by atoms with Crippen LogP contribution in [0, 0.1) is 0 Å². The van der Waals surface area contributed by atoms with Crippen LogP contribution in [0.15, 0.2) is 47.2 Å². The Kier molecular flexibility index (Phi) is 6.99. The predicted octanol–water partition coefficient (Wildman–Crippen LogP) is 2.95. The van der Waals surface area contributed by atoms with Gasteiger partial charge in [0.2, 0.25) is 0 Å². The van der Waals surface area contributed by atoms with Gasteiger partial charge in [0.1, 0.15) is 0 Å². The third kappa shape index (κ3) is 5.91. The first-order chi connectivity index (χ1) is 10.8. The Labute approximate surface area is 137 Å². The summed E-state index contributed by atoms with van der Waals surface area (Å²) >= 11 is 3.17. The zero-order valence-electron chi connectivity index (χ0n) is 12.0. The van der Waals surface area contributed by atoms with Crippen molar-refractivity contribution >= 4 is 35.0 Å². The number of benzene rings is 1. The van der Waals surface area contributed by atoms with Crippen molar-refractivity contribution in [2.75, 3.05) is 18.9 Å². The van der Waals surface area contributed by atoms with Crippen LogP contribution in [0.1, 0.15) is 15.9 Å². The van der Waals surface area contributed by atoms with Crippen LogP contribution in [-0.2, 0) is 15.3 Å². The Bertz CT molecular complexity index is 585. The van der Waals surface area contributed by atoms with Crippen molar-refractivity contribution in [2.24, 2.45) is 0 Å². The highest BCUT2D eigenvalue weighted by Gasteiger charge is 2.09. The largest absolute Gasteiger partial charge is 0.452 e. The maximum absolute atomic E-state index is 11.6. The van der Waals surface area contributed by atoms with Crippen LogP contribution < -0.4 is 5.32 Å². The van der Waals surface area contributed by atoms with E-state index in [1.54, 1.807) is 28.6 Å². The van der Waals surface area contributed by atoms with Crippen molar-refractivity contribution in [1.82, 2.24) is 5.32 Å². The van der Waals surface area contributed by atoms with E-state index in [1.807, 2.05) is 18.2 Å². The lowest BCUT2D eigenvalue weighted by molar-refractivity contribution is -0.124. The smallest absolute Gasteiger partial charge is 0.339 e. The highest BCUT2D eigenvalue weighted by molar-refractivity contribution is 7.98. The molecule has 1 aromatic carbocycles. The van der Waals surface area contributed by atoms with Gasteiger partial charge in [-0.05, 0) is 17.0 Å². The summed E-state index contributed by atoms with van der Waals surface area (Å²) in [5, 5.41) is 6.22. The zero-order chi connectivity index (χ0) is 15.6. The van der Waals surface area contributed by atoms with Crippen molar-refractivity contribution in [2.45, 2.75) is 5.75 Å². The standard InChI is InChI=1S/C16H17NO3S2/c18-15(10-20-16(19)14-6-8-21-12-14)17-7-9-22-11-13-4-2-1-3-5-13/h1-6,8,12H,7,9-11H2,(H,17,18). The third-order valence-electron chi connectivity index (χ3n) is 2.77. The normalized spacial score (nSPS) is 10.2. The van der Waals surface area contributed by atoms with Crippen molar-refractivity contribution in [3.63, 3.8) is 0 Å². The Morgan fingerprint density at radius 1 is 1.18 bits per heavy atom. The first-order valence-corrected chi connectivity index (χ1v) is 8.93. The summed E-state index contributed by atoms with van der Waals surface area (Å²) in [6.45, 7) is 0.324. The minimum atomic E-state index is -0.463. The second-order valence-electron chi connectivity index (χ2n) is 4.48. The second kappa shape index (κ2) is 9.27. The molecule has 1 amide bonds. The summed E-state index contributed by atoms with van der Waals surface area (Å²) < 4.78 is 4.92. The molecular formula is C16H17NO3S2. The molecule has 0 aliphatic rings. The Balaban J connectivity index is 1.53. The van der Waals surface area contributed by atoms with Gasteiger partial charge >= 0.3 is 5.97 Å². The second-order valence-corrected chi connectivity index (χ2v) is 6.36. The van der Waals surface area contributed by atoms with Gasteiger partial charge in [0, 0.05) is 23.4 Å². The minimum Gasteiger partial charge on any atom is -0.452 e. The molecule has 0 unspecified atom stereocenters. The molecule has 0 fully saturated rings. The van der Waals surface area contributed by atoms with Crippen molar-refractivity contribution in [1.29, 1.82) is 0 Å². The van der Waals surface area contributed by atoms with E-state index in [2.05, 4.69) is 17.4 Å². The number of ether oxygens (including phenoxy) is 1. The molecule has 4 nitrogen and oxygen atoms in total. The SMILES string of the molecule is O=C(COC(=O)c1ccsc1)NCCSCc1ccccc1. The summed E-state index contributed by atoms with van der Waals surface area (Å²) in [6, 6.07) is 11.8. The molecule has 6 heteroatoms. The number of hydrogen-bond acceptors (Lipinski definition) is 5. The summed E-state index contributed by atoms with van der Waals surface area (Å²) in [7, 11) is 0. The number of nitrogens with one attached hydrogen (secondary N) is 1. The van der Waals surface area contributed by atoms with Crippen LogP contribution in [0.25, 0.3) is 0 Å². The Morgan fingerprint density at radius 2 is 2.00 bits per heavy atom. The van der Waals surface area contributed by atoms with E-state index >= 15 is 0 Å². The fourth-order valence-corrected chi connectivity index (χ4v) is 3.12. The lowest BCUT2D eigenvalue weighted by Crippen LogP contribution is -2.30. The molecule has 1 aromatic heterocycles. The summed E-state index contributed by atoms with van der Waals surface area (Å²) in [4.78, 5) is 23.1. The van der Waals surface area contributed by atoms with Crippen LogP contribution >= 0.6 is 23.1 Å². The minimum absolute atomic E-state index is 0.238. The molecule has 0 spiro atoms. The van der Waals surface area contributed by atoms with E-state index in [9.17, 15) is 9.59 Å². The molecule has 2 aromatic rings. The topological polar surface area (TPSA) is 55.4 Å². The van der Waals surface area contributed by atoms with E-state index in [0.29, 0.717) is 12.1 Å². The lowest BCUT2D eigenvalue weighted by atomic mass is 10.2. The first kappa shape index (κ1) is 16.6. The van der Waals surface area contributed by atoms with Crippen LogP contribution in [0.4, 0.5) is 0 Å². The van der Waals surface area contributed by atoms with Gasteiger partial charge in [0.25, 0.3) is 5.91 Å². The third-order valence-corrected chi connectivity index (χ3v) is 4.48. The number of esters is 1. The van der Waals surface area contributed by atoms with Crippen molar-refractivity contribution in [3.05, 3.63) is 58.3 Å². The van der Waals surface area contributed by atoms with Gasteiger partial charge in [-0.15, -0.1) is 0 Å². The summed E-state index contributed by atoms with van der Waals surface area (Å²) in [6.07, 6.45) is 0. The highest BCUT2D eigenvalue weighted by atomic mass is 32.2. The molecule has 116 valence electrons. The van der Waals surface area contributed by atoms with Gasteiger partial charge in [-0.2, -0.15) is 23.1 Å². The summed E-state index contributed by atoms with van der Waals surface area (Å²) in [5.74, 6) is 1.00. The number of hydrogen-bond donors (Lipinski definition) is 1. The average molecular weight is 335 g/mol. The fourth-order valence-electron chi connectivity index (χ4n) is 1.67. The fraction of sp³-hybridized carbons (Fsp3) is 0.250. The van der Waals surface area contributed by atoms with E-state index in [-0.39, 0.29) is 12.5 Å². The molecule has 0 saturated heterocycles. The van der Waals surface area contributed by atoms with Crippen LogP contribution in [0.3, 0.4) is 0 Å². The van der Waals surface area contributed by atoms with E-state index in [1.165, 1.54) is 16.9 Å². The maximum atomic E-state index is 11.6. The van der Waals surface area contributed by atoms with Gasteiger partial charge in [-0.25, -0.2) is 4.79 Å². The molecule has 0 saturated carbocycles. The molecule has 0 radical (unpaired) electrons. The van der Waals surface area contributed by atoms with E-state index in [4.69, 9.17) is 4.74 Å². The van der Waals surface area contributed by atoms with Crippen LogP contribution in [0.2, 0.25) is 0 Å². The quantitative estimate of drug-likeness (QED) is 0.595.